The molecule has 0 aromatic carbocycles. The number of carbonyl (C=O) groups is 1. The number of carboxylic acid groups (broad SMARTS) is 1. The van der Waals surface area contributed by atoms with Gasteiger partial charge >= 0.3 is 5.97 Å². The molecule has 0 aromatic heterocycles. The number of rotatable bonds is 34. The van der Waals surface area contributed by atoms with Crippen LogP contribution < -0.4 is 0 Å². The minimum atomic E-state index is -0.571. The van der Waals surface area contributed by atoms with Crippen molar-refractivity contribution in [3.8, 4) is 0 Å². The van der Waals surface area contributed by atoms with E-state index in [4.69, 9.17) is 0 Å². The van der Waals surface area contributed by atoms with Crippen molar-refractivity contribution in [1.29, 1.82) is 0 Å². The van der Waals surface area contributed by atoms with E-state index in [1.165, 1.54) is 161 Å². The van der Waals surface area contributed by atoms with Gasteiger partial charge in [0.05, 0.1) is 5.92 Å². The van der Waals surface area contributed by atoms with Crippen LogP contribution in [0, 0.1) is 11.8 Å². The van der Waals surface area contributed by atoms with Gasteiger partial charge in [-0.05, 0) is 84.2 Å². The lowest BCUT2D eigenvalue weighted by atomic mass is 9.83. The van der Waals surface area contributed by atoms with Gasteiger partial charge in [-0.2, -0.15) is 0 Å². The Hall–Kier alpha value is -1.09. The summed E-state index contributed by atoms with van der Waals surface area (Å²) in [5, 5.41) is 10.1. The van der Waals surface area contributed by atoms with Gasteiger partial charge in [-0.25, -0.2) is 0 Å². The van der Waals surface area contributed by atoms with Gasteiger partial charge in [0, 0.05) is 6.54 Å². The molecule has 0 bridgehead atoms. The first-order chi connectivity index (χ1) is 21.0. The first-order valence-corrected chi connectivity index (χ1v) is 19.2. The SMILES string of the molecule is CCCCCCCC=CCCCCCCCCC(CN(C)C)C(CCCCCCCCC=CCCCCCCC)C(=O)O. The molecular weight excluding hydrogens is 526 g/mol. The monoisotopic (exact) mass is 604 g/mol. The van der Waals surface area contributed by atoms with Crippen molar-refractivity contribution in [3.05, 3.63) is 24.3 Å². The van der Waals surface area contributed by atoms with Crippen LogP contribution in [0.25, 0.3) is 0 Å². The third-order valence-corrected chi connectivity index (χ3v) is 9.10. The highest BCUT2D eigenvalue weighted by atomic mass is 16.4. The molecule has 0 heterocycles. The quantitative estimate of drug-likeness (QED) is 0.0587. The van der Waals surface area contributed by atoms with Crippen molar-refractivity contribution >= 4 is 5.97 Å². The van der Waals surface area contributed by atoms with E-state index in [1.54, 1.807) is 0 Å². The Morgan fingerprint density at radius 2 is 0.837 bits per heavy atom. The van der Waals surface area contributed by atoms with Crippen molar-refractivity contribution in [1.82, 2.24) is 4.90 Å². The van der Waals surface area contributed by atoms with E-state index in [0.29, 0.717) is 0 Å². The normalized spacial score (nSPS) is 13.5. The number of unbranched alkanes of at least 4 members (excludes halogenated alkanes) is 22. The van der Waals surface area contributed by atoms with Gasteiger partial charge in [0.1, 0.15) is 0 Å². The lowest BCUT2D eigenvalue weighted by Crippen LogP contribution is -2.32. The van der Waals surface area contributed by atoms with Gasteiger partial charge in [0.25, 0.3) is 0 Å². The van der Waals surface area contributed by atoms with Crippen LogP contribution >= 0.6 is 0 Å². The number of hydrogen-bond donors (Lipinski definition) is 1. The molecule has 0 fully saturated rings. The molecule has 0 aliphatic carbocycles. The van der Waals surface area contributed by atoms with Crippen molar-refractivity contribution in [2.45, 2.75) is 194 Å². The number of nitrogens with zero attached hydrogens (tertiary/aromatic N) is 1. The predicted octanol–water partition coefficient (Wildman–Crippen LogP) is 12.9. The van der Waals surface area contributed by atoms with Crippen molar-refractivity contribution in [3.63, 3.8) is 0 Å². The Morgan fingerprint density at radius 1 is 0.512 bits per heavy atom. The summed E-state index contributed by atoms with van der Waals surface area (Å²) < 4.78 is 0. The van der Waals surface area contributed by atoms with Crippen LogP contribution in [0.3, 0.4) is 0 Å². The number of aliphatic carboxylic acids is 1. The molecule has 3 heteroatoms. The lowest BCUT2D eigenvalue weighted by Gasteiger charge is -2.27. The minimum Gasteiger partial charge on any atom is -0.481 e. The first-order valence-electron chi connectivity index (χ1n) is 19.2. The summed E-state index contributed by atoms with van der Waals surface area (Å²) in [4.78, 5) is 14.4. The highest BCUT2D eigenvalue weighted by Gasteiger charge is 2.27. The van der Waals surface area contributed by atoms with E-state index in [0.717, 1.165) is 25.8 Å². The molecule has 0 aliphatic rings. The fraction of sp³-hybridized carbons (Fsp3) is 0.875. The van der Waals surface area contributed by atoms with Crippen molar-refractivity contribution in [2.24, 2.45) is 11.8 Å². The van der Waals surface area contributed by atoms with Crippen LogP contribution in [0.2, 0.25) is 0 Å². The molecule has 0 saturated heterocycles. The van der Waals surface area contributed by atoms with Gasteiger partial charge < -0.3 is 10.0 Å². The van der Waals surface area contributed by atoms with E-state index in [2.05, 4.69) is 57.1 Å². The standard InChI is InChI=1S/C40H77NO2/c1-5-7-9-11-13-15-17-19-21-23-25-27-29-31-33-35-38(37-41(3)4)39(40(42)43)36-34-32-30-28-26-24-22-20-18-16-14-12-10-8-6-2/h17-20,38-39H,5-16,21-37H2,1-4H3,(H,42,43). The van der Waals surface area contributed by atoms with E-state index in [-0.39, 0.29) is 11.8 Å². The zero-order chi connectivity index (χ0) is 31.6. The molecule has 0 rings (SSSR count). The maximum atomic E-state index is 12.2. The second kappa shape index (κ2) is 33.8. The molecule has 1 N–H and O–H groups in total. The van der Waals surface area contributed by atoms with Gasteiger partial charge in [-0.3, -0.25) is 4.79 Å². The van der Waals surface area contributed by atoms with Crippen molar-refractivity contribution < 1.29 is 9.90 Å². The van der Waals surface area contributed by atoms with Crippen molar-refractivity contribution in [2.75, 3.05) is 20.6 Å². The van der Waals surface area contributed by atoms with E-state index < -0.39 is 5.97 Å². The fourth-order valence-corrected chi connectivity index (χ4v) is 6.36. The second-order valence-corrected chi connectivity index (χ2v) is 13.7. The topological polar surface area (TPSA) is 40.5 Å². The molecule has 0 aromatic rings. The molecule has 254 valence electrons. The summed E-state index contributed by atoms with van der Waals surface area (Å²) >= 11 is 0. The van der Waals surface area contributed by atoms with Crippen LogP contribution in [0.4, 0.5) is 0 Å². The maximum Gasteiger partial charge on any atom is 0.306 e. The molecule has 2 unspecified atom stereocenters. The fourth-order valence-electron chi connectivity index (χ4n) is 6.36. The molecule has 43 heavy (non-hydrogen) atoms. The van der Waals surface area contributed by atoms with Crippen LogP contribution in [0.1, 0.15) is 194 Å². The third-order valence-electron chi connectivity index (χ3n) is 9.10. The van der Waals surface area contributed by atoms with Crippen LogP contribution in [0.15, 0.2) is 24.3 Å². The number of carboxylic acids is 1. The van der Waals surface area contributed by atoms with E-state index >= 15 is 0 Å². The molecule has 0 aliphatic heterocycles. The molecule has 2 atom stereocenters. The van der Waals surface area contributed by atoms with Gasteiger partial charge in [-0.1, -0.05) is 154 Å². The highest BCUT2D eigenvalue weighted by molar-refractivity contribution is 5.70. The zero-order valence-electron chi connectivity index (χ0n) is 29.8. The van der Waals surface area contributed by atoms with Crippen LogP contribution in [-0.2, 0) is 4.79 Å². The largest absolute Gasteiger partial charge is 0.481 e. The summed E-state index contributed by atoms with van der Waals surface area (Å²) in [5.41, 5.74) is 0. The molecule has 0 amide bonds. The summed E-state index contributed by atoms with van der Waals surface area (Å²) in [6, 6.07) is 0. The highest BCUT2D eigenvalue weighted by Crippen LogP contribution is 2.26. The van der Waals surface area contributed by atoms with Crippen LogP contribution in [-0.4, -0.2) is 36.6 Å². The predicted molar refractivity (Wildman–Crippen MR) is 192 cm³/mol. The summed E-state index contributed by atoms with van der Waals surface area (Å²) in [6.07, 6.45) is 45.2. The molecule has 0 radical (unpaired) electrons. The van der Waals surface area contributed by atoms with E-state index in [9.17, 15) is 9.90 Å². The molecule has 3 nitrogen and oxygen atoms in total. The Balaban J connectivity index is 3.96. The average Bonchev–Trinajstić information content (AvgIpc) is 2.98. The third kappa shape index (κ3) is 30.7. The molecule has 0 saturated carbocycles. The Labute approximate surface area is 270 Å². The zero-order valence-corrected chi connectivity index (χ0v) is 29.8. The van der Waals surface area contributed by atoms with E-state index in [1.807, 2.05) is 0 Å². The maximum absolute atomic E-state index is 12.2. The Morgan fingerprint density at radius 3 is 1.19 bits per heavy atom. The van der Waals surface area contributed by atoms with Gasteiger partial charge in [0.2, 0.25) is 0 Å². The summed E-state index contributed by atoms with van der Waals surface area (Å²) in [6.45, 7) is 5.45. The lowest BCUT2D eigenvalue weighted by molar-refractivity contribution is -0.144. The van der Waals surface area contributed by atoms with Gasteiger partial charge in [-0.15, -0.1) is 0 Å². The first kappa shape index (κ1) is 41.9. The molecule has 0 spiro atoms. The molecular formula is C40H77NO2. The second-order valence-electron chi connectivity index (χ2n) is 13.7. The summed E-state index contributed by atoms with van der Waals surface area (Å²) in [5.74, 6) is -0.482. The smallest absolute Gasteiger partial charge is 0.306 e. The number of allylic oxidation sites excluding steroid dienone is 4. The van der Waals surface area contributed by atoms with Crippen LogP contribution in [0.5, 0.6) is 0 Å². The Bertz CT molecular complexity index is 626. The average molecular weight is 604 g/mol. The minimum absolute atomic E-state index is 0.187. The van der Waals surface area contributed by atoms with Gasteiger partial charge in [0.15, 0.2) is 0 Å². The number of hydrogen-bond acceptors (Lipinski definition) is 2. The summed E-state index contributed by atoms with van der Waals surface area (Å²) in [7, 11) is 4.19. The Kier molecular flexibility index (Phi) is 32.9.